The average molecular weight is 391 g/mol. The Kier molecular flexibility index (Phi) is 5.47. The first kappa shape index (κ1) is 18.6. The Morgan fingerprint density at radius 1 is 1.03 bits per heavy atom. The highest BCUT2D eigenvalue weighted by atomic mass is 16.6. The fourth-order valence-electron chi connectivity index (χ4n) is 2.96. The Hall–Kier alpha value is -3.74. The summed E-state index contributed by atoms with van der Waals surface area (Å²) < 4.78 is 16.7. The van der Waals surface area contributed by atoms with Crippen molar-refractivity contribution in [3.05, 3.63) is 66.5 Å². The molecule has 0 bridgehead atoms. The molecule has 0 radical (unpaired) electrons. The van der Waals surface area contributed by atoms with Crippen LogP contribution in [0.3, 0.4) is 0 Å². The van der Waals surface area contributed by atoms with Gasteiger partial charge >= 0.3 is 0 Å². The second-order valence-electron chi connectivity index (χ2n) is 6.30. The van der Waals surface area contributed by atoms with Gasteiger partial charge in [0.15, 0.2) is 11.5 Å². The van der Waals surface area contributed by atoms with Crippen molar-refractivity contribution in [1.29, 1.82) is 0 Å². The Bertz CT molecular complexity index is 1020. The van der Waals surface area contributed by atoms with E-state index in [9.17, 15) is 4.79 Å². The molecule has 1 amide bonds. The summed E-state index contributed by atoms with van der Waals surface area (Å²) in [6.45, 7) is 3.51. The molecule has 2 heterocycles. The van der Waals surface area contributed by atoms with Gasteiger partial charge in [0.25, 0.3) is 5.91 Å². The lowest BCUT2D eigenvalue weighted by Crippen LogP contribution is -2.17. The fourth-order valence-corrected chi connectivity index (χ4v) is 2.96. The van der Waals surface area contributed by atoms with Gasteiger partial charge in [0, 0.05) is 23.6 Å². The monoisotopic (exact) mass is 391 g/mol. The van der Waals surface area contributed by atoms with Crippen molar-refractivity contribution in [2.45, 2.75) is 6.92 Å². The van der Waals surface area contributed by atoms with Crippen molar-refractivity contribution in [2.75, 3.05) is 30.5 Å². The number of fused-ring (bicyclic) bond motifs is 1. The van der Waals surface area contributed by atoms with E-state index in [1.54, 1.807) is 36.5 Å². The number of nitrogens with zero attached hydrogens (tertiary/aromatic N) is 1. The van der Waals surface area contributed by atoms with Gasteiger partial charge in [-0.25, -0.2) is 0 Å². The van der Waals surface area contributed by atoms with Crippen molar-refractivity contribution in [1.82, 2.24) is 4.98 Å². The van der Waals surface area contributed by atoms with E-state index >= 15 is 0 Å². The molecule has 7 heteroatoms. The molecule has 7 nitrogen and oxygen atoms in total. The summed E-state index contributed by atoms with van der Waals surface area (Å²) in [7, 11) is 0. The molecule has 0 unspecified atom stereocenters. The predicted molar refractivity (Wildman–Crippen MR) is 111 cm³/mol. The van der Waals surface area contributed by atoms with Crippen molar-refractivity contribution in [3.8, 4) is 17.2 Å². The van der Waals surface area contributed by atoms with Gasteiger partial charge in [0.1, 0.15) is 24.7 Å². The molecule has 0 fully saturated rings. The van der Waals surface area contributed by atoms with Crippen LogP contribution in [0.15, 0.2) is 60.8 Å². The largest absolute Gasteiger partial charge is 0.492 e. The zero-order valence-electron chi connectivity index (χ0n) is 16.0. The maximum absolute atomic E-state index is 12.7. The standard InChI is InChI=1S/C22H21N3O4/c1-2-27-19-6-4-3-5-17(19)24-16-9-10-23-18(13-16)22(26)25-15-7-8-20-21(14-15)29-12-11-28-20/h3-10,13-14H,2,11-12H2,1H3,(H,23,24)(H,25,26). The normalized spacial score (nSPS) is 12.2. The Labute approximate surface area is 168 Å². The summed E-state index contributed by atoms with van der Waals surface area (Å²) >= 11 is 0. The van der Waals surface area contributed by atoms with Crippen LogP contribution < -0.4 is 24.8 Å². The van der Waals surface area contributed by atoms with Crippen LogP contribution in [0, 0.1) is 0 Å². The van der Waals surface area contributed by atoms with Gasteiger partial charge in [-0.05, 0) is 43.3 Å². The molecule has 0 aliphatic carbocycles. The number of aromatic nitrogens is 1. The molecule has 1 aliphatic heterocycles. The number of pyridine rings is 1. The summed E-state index contributed by atoms with van der Waals surface area (Å²) in [4.78, 5) is 16.8. The van der Waals surface area contributed by atoms with Gasteiger partial charge in [0.2, 0.25) is 0 Å². The van der Waals surface area contributed by atoms with Crippen LogP contribution in [-0.2, 0) is 0 Å². The number of ether oxygens (including phenoxy) is 3. The molecule has 29 heavy (non-hydrogen) atoms. The Morgan fingerprint density at radius 2 is 1.86 bits per heavy atom. The molecular formula is C22H21N3O4. The van der Waals surface area contributed by atoms with Crippen molar-refractivity contribution >= 4 is 23.0 Å². The van der Waals surface area contributed by atoms with Crippen LogP contribution in [-0.4, -0.2) is 30.7 Å². The van der Waals surface area contributed by atoms with E-state index in [2.05, 4.69) is 15.6 Å². The minimum atomic E-state index is -0.316. The average Bonchev–Trinajstić information content (AvgIpc) is 2.75. The van der Waals surface area contributed by atoms with E-state index < -0.39 is 0 Å². The smallest absolute Gasteiger partial charge is 0.274 e. The number of anilines is 3. The lowest BCUT2D eigenvalue weighted by Gasteiger charge is -2.19. The summed E-state index contributed by atoms with van der Waals surface area (Å²) in [5.74, 6) is 1.72. The second-order valence-corrected chi connectivity index (χ2v) is 6.30. The van der Waals surface area contributed by atoms with Crippen molar-refractivity contribution in [2.24, 2.45) is 0 Å². The lowest BCUT2D eigenvalue weighted by molar-refractivity contribution is 0.102. The highest BCUT2D eigenvalue weighted by molar-refractivity contribution is 6.03. The number of rotatable bonds is 6. The maximum Gasteiger partial charge on any atom is 0.274 e. The van der Waals surface area contributed by atoms with Gasteiger partial charge in [0.05, 0.1) is 12.3 Å². The van der Waals surface area contributed by atoms with Crippen molar-refractivity contribution < 1.29 is 19.0 Å². The third-order valence-corrected chi connectivity index (χ3v) is 4.26. The molecule has 148 valence electrons. The topological polar surface area (TPSA) is 81.7 Å². The van der Waals surface area contributed by atoms with Crippen molar-refractivity contribution in [3.63, 3.8) is 0 Å². The van der Waals surface area contributed by atoms with E-state index in [0.717, 1.165) is 17.1 Å². The number of carbonyl (C=O) groups is 1. The van der Waals surface area contributed by atoms with Gasteiger partial charge < -0.3 is 24.8 Å². The Balaban J connectivity index is 1.49. The molecule has 0 atom stereocenters. The zero-order chi connectivity index (χ0) is 20.1. The molecule has 4 rings (SSSR count). The summed E-state index contributed by atoms with van der Waals surface area (Å²) in [6.07, 6.45) is 1.59. The summed E-state index contributed by atoms with van der Waals surface area (Å²) in [6, 6.07) is 16.4. The molecule has 0 saturated heterocycles. The highest BCUT2D eigenvalue weighted by Crippen LogP contribution is 2.33. The number of benzene rings is 2. The third-order valence-electron chi connectivity index (χ3n) is 4.26. The van der Waals surface area contributed by atoms with Crippen LogP contribution in [0.4, 0.5) is 17.1 Å². The number of amides is 1. The third kappa shape index (κ3) is 4.40. The molecule has 3 aromatic rings. The molecule has 1 aliphatic rings. The number of para-hydroxylation sites is 2. The number of hydrogen-bond donors (Lipinski definition) is 2. The van der Waals surface area contributed by atoms with Gasteiger partial charge in [-0.3, -0.25) is 9.78 Å². The number of hydrogen-bond acceptors (Lipinski definition) is 6. The van der Waals surface area contributed by atoms with Gasteiger partial charge in [-0.2, -0.15) is 0 Å². The van der Waals surface area contributed by atoms with Crippen LogP contribution in [0.2, 0.25) is 0 Å². The zero-order valence-corrected chi connectivity index (χ0v) is 16.0. The second kappa shape index (κ2) is 8.52. The molecular weight excluding hydrogens is 370 g/mol. The van der Waals surface area contributed by atoms with Crippen LogP contribution >= 0.6 is 0 Å². The summed E-state index contributed by atoms with van der Waals surface area (Å²) in [5, 5.41) is 6.12. The first-order chi connectivity index (χ1) is 14.2. The van der Waals surface area contributed by atoms with E-state index in [0.29, 0.717) is 42.7 Å². The molecule has 1 aromatic heterocycles. The van der Waals surface area contributed by atoms with Crippen LogP contribution in [0.1, 0.15) is 17.4 Å². The molecule has 0 saturated carbocycles. The maximum atomic E-state index is 12.7. The molecule has 2 N–H and O–H groups in total. The minimum absolute atomic E-state index is 0.291. The first-order valence-corrected chi connectivity index (χ1v) is 9.39. The number of carbonyl (C=O) groups excluding carboxylic acids is 1. The minimum Gasteiger partial charge on any atom is -0.492 e. The van der Waals surface area contributed by atoms with Crippen LogP contribution in [0.5, 0.6) is 17.2 Å². The Morgan fingerprint density at radius 3 is 2.72 bits per heavy atom. The summed E-state index contributed by atoms with van der Waals surface area (Å²) in [5.41, 5.74) is 2.46. The highest BCUT2D eigenvalue weighted by Gasteiger charge is 2.14. The predicted octanol–water partition coefficient (Wildman–Crippen LogP) is 4.25. The van der Waals surface area contributed by atoms with Gasteiger partial charge in [-0.15, -0.1) is 0 Å². The van der Waals surface area contributed by atoms with E-state index in [4.69, 9.17) is 14.2 Å². The molecule has 2 aromatic carbocycles. The van der Waals surface area contributed by atoms with E-state index in [1.165, 1.54) is 0 Å². The van der Waals surface area contributed by atoms with Crippen LogP contribution in [0.25, 0.3) is 0 Å². The SMILES string of the molecule is CCOc1ccccc1Nc1ccnc(C(=O)Nc2ccc3c(c2)OCCO3)c1. The number of nitrogens with one attached hydrogen (secondary N) is 2. The first-order valence-electron chi connectivity index (χ1n) is 9.39. The van der Waals surface area contributed by atoms with Gasteiger partial charge in [-0.1, -0.05) is 12.1 Å². The van der Waals surface area contributed by atoms with E-state index in [1.807, 2.05) is 31.2 Å². The quantitative estimate of drug-likeness (QED) is 0.654. The van der Waals surface area contributed by atoms with E-state index in [-0.39, 0.29) is 5.91 Å². The molecule has 0 spiro atoms. The lowest BCUT2D eigenvalue weighted by atomic mass is 10.2. The fraction of sp³-hybridized carbons (Fsp3) is 0.182.